The van der Waals surface area contributed by atoms with Crippen molar-refractivity contribution in [2.24, 2.45) is 0 Å². The van der Waals surface area contributed by atoms with Gasteiger partial charge in [0.15, 0.2) is 0 Å². The zero-order valence-electron chi connectivity index (χ0n) is 15.0. The predicted octanol–water partition coefficient (Wildman–Crippen LogP) is 1.80. The number of pyridine rings is 1. The number of likely N-dealkylation sites (tertiary alicyclic amines) is 1. The van der Waals surface area contributed by atoms with Gasteiger partial charge in [0.2, 0.25) is 0 Å². The minimum absolute atomic E-state index is 0.0223. The second-order valence-corrected chi connectivity index (χ2v) is 7.62. The Balaban J connectivity index is 1.73. The summed E-state index contributed by atoms with van der Waals surface area (Å²) in [5.74, 6) is 0.655. The second-order valence-electron chi connectivity index (χ2n) is 7.62. The number of hydrogen-bond donors (Lipinski definition) is 0. The summed E-state index contributed by atoms with van der Waals surface area (Å²) in [6.45, 7) is 9.04. The Morgan fingerprint density at radius 1 is 1.33 bits per heavy atom. The van der Waals surface area contributed by atoms with E-state index in [1.54, 1.807) is 12.3 Å². The highest BCUT2D eigenvalue weighted by Gasteiger charge is 2.38. The largest absolute Gasteiger partial charge is 0.487 e. The molecule has 6 heteroatoms. The average molecular weight is 333 g/mol. The van der Waals surface area contributed by atoms with Crippen LogP contribution < -0.4 is 4.74 Å². The number of ether oxygens (including phenoxy) is 2. The molecule has 24 heavy (non-hydrogen) atoms. The first-order valence-electron chi connectivity index (χ1n) is 8.60. The number of likely N-dealkylation sites (N-methyl/N-ethyl adjacent to an activating group) is 1. The van der Waals surface area contributed by atoms with Gasteiger partial charge in [0, 0.05) is 19.6 Å². The number of fused-ring (bicyclic) bond motifs is 1. The maximum atomic E-state index is 12.9. The topological polar surface area (TPSA) is 54.9 Å². The van der Waals surface area contributed by atoms with E-state index in [4.69, 9.17) is 9.47 Å². The molecule has 3 rings (SSSR count). The maximum Gasteiger partial charge on any atom is 0.272 e. The van der Waals surface area contributed by atoms with Crippen molar-refractivity contribution in [1.82, 2.24) is 14.8 Å². The molecule has 2 atom stereocenters. The highest BCUT2D eigenvalue weighted by molar-refractivity contribution is 5.92. The molecule has 0 spiro atoms. The third-order valence-electron chi connectivity index (χ3n) is 4.43. The van der Waals surface area contributed by atoms with E-state index in [2.05, 4.69) is 16.9 Å². The van der Waals surface area contributed by atoms with Gasteiger partial charge in [0.25, 0.3) is 5.91 Å². The molecule has 132 valence electrons. The van der Waals surface area contributed by atoms with E-state index >= 15 is 0 Å². The van der Waals surface area contributed by atoms with Gasteiger partial charge in [-0.3, -0.25) is 4.79 Å². The highest BCUT2D eigenvalue weighted by atomic mass is 16.5. The summed E-state index contributed by atoms with van der Waals surface area (Å²) >= 11 is 0. The molecule has 2 aliphatic rings. The summed E-state index contributed by atoms with van der Waals surface area (Å²) in [7, 11) is 2.09. The molecular formula is C18H27N3O3. The first-order chi connectivity index (χ1) is 11.3. The van der Waals surface area contributed by atoms with Crippen LogP contribution >= 0.6 is 0 Å². The summed E-state index contributed by atoms with van der Waals surface area (Å²) in [5, 5.41) is 0. The molecule has 2 fully saturated rings. The molecule has 0 radical (unpaired) electrons. The number of hydrogen-bond acceptors (Lipinski definition) is 5. The fourth-order valence-electron chi connectivity index (χ4n) is 3.35. The SMILES string of the molecule is CN1CCC2OCCN(C(=O)c3ccc(OC(C)(C)C)cn3)C2C1. The van der Waals surface area contributed by atoms with Crippen LogP contribution in [0.2, 0.25) is 0 Å². The number of morpholine rings is 1. The summed E-state index contributed by atoms with van der Waals surface area (Å²) in [6.07, 6.45) is 2.74. The van der Waals surface area contributed by atoms with Crippen molar-refractivity contribution < 1.29 is 14.3 Å². The lowest BCUT2D eigenvalue weighted by molar-refractivity contribution is -0.0871. The van der Waals surface area contributed by atoms with Crippen LogP contribution in [0.4, 0.5) is 0 Å². The number of nitrogens with zero attached hydrogens (tertiary/aromatic N) is 3. The van der Waals surface area contributed by atoms with Crippen molar-refractivity contribution in [3.63, 3.8) is 0 Å². The lowest BCUT2D eigenvalue weighted by atomic mass is 9.98. The van der Waals surface area contributed by atoms with Crippen molar-refractivity contribution in [2.75, 3.05) is 33.3 Å². The van der Waals surface area contributed by atoms with Crippen LogP contribution in [0.15, 0.2) is 18.3 Å². The Morgan fingerprint density at radius 2 is 2.12 bits per heavy atom. The van der Waals surface area contributed by atoms with Crippen molar-refractivity contribution in [2.45, 2.75) is 44.9 Å². The molecule has 2 aliphatic heterocycles. The van der Waals surface area contributed by atoms with Crippen molar-refractivity contribution in [1.29, 1.82) is 0 Å². The van der Waals surface area contributed by atoms with Crippen molar-refractivity contribution in [3.8, 4) is 5.75 Å². The molecule has 1 aromatic heterocycles. The Hall–Kier alpha value is -1.66. The number of amides is 1. The molecule has 0 aromatic carbocycles. The quantitative estimate of drug-likeness (QED) is 0.826. The number of rotatable bonds is 2. The Bertz CT molecular complexity index is 582. The van der Waals surface area contributed by atoms with Gasteiger partial charge in [0.05, 0.1) is 24.9 Å². The molecule has 1 aromatic rings. The molecule has 0 saturated carbocycles. The van der Waals surface area contributed by atoms with Crippen LogP contribution in [-0.2, 0) is 4.74 Å². The van der Waals surface area contributed by atoms with Gasteiger partial charge in [-0.1, -0.05) is 0 Å². The van der Waals surface area contributed by atoms with Gasteiger partial charge in [-0.05, 0) is 46.4 Å². The lowest BCUT2D eigenvalue weighted by Crippen LogP contribution is -2.60. The number of piperidine rings is 1. The van der Waals surface area contributed by atoms with Crippen LogP contribution in [0.1, 0.15) is 37.7 Å². The van der Waals surface area contributed by atoms with Crippen LogP contribution in [0.5, 0.6) is 5.75 Å². The highest BCUT2D eigenvalue weighted by Crippen LogP contribution is 2.24. The first kappa shape index (κ1) is 17.2. The molecule has 1 amide bonds. The van der Waals surface area contributed by atoms with Crippen molar-refractivity contribution >= 4 is 5.91 Å². The fraction of sp³-hybridized carbons (Fsp3) is 0.667. The van der Waals surface area contributed by atoms with E-state index < -0.39 is 0 Å². The molecule has 3 heterocycles. The van der Waals surface area contributed by atoms with Crippen LogP contribution in [0.3, 0.4) is 0 Å². The summed E-state index contributed by atoms with van der Waals surface area (Å²) in [4.78, 5) is 21.4. The summed E-state index contributed by atoms with van der Waals surface area (Å²) < 4.78 is 11.6. The molecule has 2 saturated heterocycles. The molecule has 0 bridgehead atoms. The Kier molecular flexibility index (Phi) is 4.78. The fourth-order valence-corrected chi connectivity index (χ4v) is 3.35. The van der Waals surface area contributed by atoms with E-state index in [1.807, 2.05) is 31.7 Å². The van der Waals surface area contributed by atoms with Crippen LogP contribution in [0, 0.1) is 0 Å². The second kappa shape index (κ2) is 6.69. The van der Waals surface area contributed by atoms with E-state index in [-0.39, 0.29) is 23.7 Å². The summed E-state index contributed by atoms with van der Waals surface area (Å²) in [5.41, 5.74) is 0.183. The molecule has 6 nitrogen and oxygen atoms in total. The van der Waals surface area contributed by atoms with E-state index in [0.29, 0.717) is 24.6 Å². The smallest absolute Gasteiger partial charge is 0.272 e. The zero-order chi connectivity index (χ0) is 17.3. The number of carbonyl (C=O) groups excluding carboxylic acids is 1. The van der Waals surface area contributed by atoms with Gasteiger partial charge < -0.3 is 19.3 Å². The van der Waals surface area contributed by atoms with E-state index in [0.717, 1.165) is 19.5 Å². The van der Waals surface area contributed by atoms with Gasteiger partial charge in [0.1, 0.15) is 17.0 Å². The van der Waals surface area contributed by atoms with Crippen LogP contribution in [-0.4, -0.2) is 71.7 Å². The first-order valence-corrected chi connectivity index (χ1v) is 8.60. The van der Waals surface area contributed by atoms with Gasteiger partial charge in [-0.2, -0.15) is 0 Å². The Morgan fingerprint density at radius 3 is 2.79 bits per heavy atom. The minimum Gasteiger partial charge on any atom is -0.487 e. The minimum atomic E-state index is -0.280. The third-order valence-corrected chi connectivity index (χ3v) is 4.43. The zero-order valence-corrected chi connectivity index (χ0v) is 15.0. The number of aromatic nitrogens is 1. The molecule has 0 N–H and O–H groups in total. The average Bonchev–Trinajstić information content (AvgIpc) is 2.53. The Labute approximate surface area is 143 Å². The lowest BCUT2D eigenvalue weighted by Gasteiger charge is -2.46. The molecule has 2 unspecified atom stereocenters. The maximum absolute atomic E-state index is 12.9. The standard InChI is InChI=1S/C18H27N3O3/c1-18(2,3)24-13-5-6-14(19-11-13)17(22)21-9-10-23-16-7-8-20(4)12-15(16)21/h5-6,11,15-16H,7-10,12H2,1-4H3. The monoisotopic (exact) mass is 333 g/mol. The van der Waals surface area contributed by atoms with E-state index in [9.17, 15) is 4.79 Å². The number of carbonyl (C=O) groups is 1. The molecular weight excluding hydrogens is 306 g/mol. The molecule has 0 aliphatic carbocycles. The third kappa shape index (κ3) is 3.87. The van der Waals surface area contributed by atoms with Gasteiger partial charge >= 0.3 is 0 Å². The summed E-state index contributed by atoms with van der Waals surface area (Å²) in [6, 6.07) is 3.67. The predicted molar refractivity (Wildman–Crippen MR) is 91.3 cm³/mol. The van der Waals surface area contributed by atoms with Gasteiger partial charge in [-0.25, -0.2) is 4.98 Å². The van der Waals surface area contributed by atoms with E-state index in [1.165, 1.54) is 0 Å². The normalized spacial score (nSPS) is 25.2. The van der Waals surface area contributed by atoms with Crippen molar-refractivity contribution in [3.05, 3.63) is 24.0 Å². The van der Waals surface area contributed by atoms with Gasteiger partial charge in [-0.15, -0.1) is 0 Å². The van der Waals surface area contributed by atoms with Crippen LogP contribution in [0.25, 0.3) is 0 Å².